The van der Waals surface area contributed by atoms with E-state index in [1.165, 1.54) is 23.5 Å². The van der Waals surface area contributed by atoms with E-state index in [0.717, 1.165) is 21.8 Å². The van der Waals surface area contributed by atoms with Crippen LogP contribution in [0.15, 0.2) is 100 Å². The predicted molar refractivity (Wildman–Crippen MR) is 133 cm³/mol. The number of allylic oxidation sites excluding steroid dienone is 1. The number of fused-ring (bicyclic) bond motifs is 1. The molecule has 32 heavy (non-hydrogen) atoms. The second-order valence-corrected chi connectivity index (χ2v) is 8.36. The highest BCUT2D eigenvalue weighted by Gasteiger charge is 2.13. The Hall–Kier alpha value is -3.35. The van der Waals surface area contributed by atoms with Crippen LogP contribution in [0.25, 0.3) is 17.1 Å². The number of nitrogens with zero attached hydrogens (tertiary/aromatic N) is 3. The first-order valence-corrected chi connectivity index (χ1v) is 11.4. The highest BCUT2D eigenvalue weighted by Crippen LogP contribution is 2.25. The molecule has 7 heteroatoms. The predicted octanol–water partition coefficient (Wildman–Crippen LogP) is 5.56. The van der Waals surface area contributed by atoms with Crippen molar-refractivity contribution in [2.45, 2.75) is 11.7 Å². The number of amides is 1. The number of para-hydroxylation sites is 2. The van der Waals surface area contributed by atoms with Crippen molar-refractivity contribution in [1.82, 2.24) is 15.0 Å². The Bertz CT molecular complexity index is 1250. The van der Waals surface area contributed by atoms with Crippen LogP contribution >= 0.6 is 23.4 Å². The second-order valence-electron chi connectivity index (χ2n) is 6.98. The van der Waals surface area contributed by atoms with Gasteiger partial charge >= 0.3 is 0 Å². The average molecular weight is 461 g/mol. The van der Waals surface area contributed by atoms with E-state index in [1.54, 1.807) is 6.08 Å². The van der Waals surface area contributed by atoms with Gasteiger partial charge in [0.15, 0.2) is 5.16 Å². The summed E-state index contributed by atoms with van der Waals surface area (Å²) in [5.74, 6) is -0.0381. The Morgan fingerprint density at radius 3 is 2.47 bits per heavy atom. The lowest BCUT2D eigenvalue weighted by molar-refractivity contribution is -0.118. The third-order valence-corrected chi connectivity index (χ3v) is 5.80. The van der Waals surface area contributed by atoms with E-state index in [4.69, 9.17) is 16.6 Å². The molecule has 0 fully saturated rings. The van der Waals surface area contributed by atoms with Crippen LogP contribution < -0.4 is 5.43 Å². The summed E-state index contributed by atoms with van der Waals surface area (Å²) < 4.78 is 2.13. The number of hydrazone groups is 1. The number of thioether (sulfide) groups is 1. The van der Waals surface area contributed by atoms with Crippen LogP contribution in [-0.2, 0) is 11.3 Å². The molecule has 1 heterocycles. The zero-order valence-electron chi connectivity index (χ0n) is 17.2. The fraction of sp³-hybridized carbons (Fsp3) is 0.0800. The molecule has 1 aromatic heterocycles. The summed E-state index contributed by atoms with van der Waals surface area (Å²) in [4.78, 5) is 17.0. The van der Waals surface area contributed by atoms with E-state index in [9.17, 15) is 4.79 Å². The molecule has 0 radical (unpaired) electrons. The van der Waals surface area contributed by atoms with Crippen molar-refractivity contribution in [2.24, 2.45) is 5.10 Å². The average Bonchev–Trinajstić information content (AvgIpc) is 3.16. The van der Waals surface area contributed by atoms with Crippen molar-refractivity contribution in [2.75, 3.05) is 5.75 Å². The molecule has 0 saturated carbocycles. The lowest BCUT2D eigenvalue weighted by Crippen LogP contribution is -2.20. The fourth-order valence-corrected chi connectivity index (χ4v) is 4.14. The molecular weight excluding hydrogens is 440 g/mol. The van der Waals surface area contributed by atoms with Crippen molar-refractivity contribution < 1.29 is 4.79 Å². The molecule has 0 spiro atoms. The molecule has 1 amide bonds. The van der Waals surface area contributed by atoms with Crippen LogP contribution in [0.3, 0.4) is 0 Å². The number of halogens is 1. The van der Waals surface area contributed by atoms with E-state index in [0.29, 0.717) is 11.6 Å². The summed E-state index contributed by atoms with van der Waals surface area (Å²) in [6.45, 7) is 0.684. The topological polar surface area (TPSA) is 59.3 Å². The van der Waals surface area contributed by atoms with Crippen LogP contribution in [0.4, 0.5) is 0 Å². The molecule has 0 aliphatic rings. The molecule has 5 nitrogen and oxygen atoms in total. The van der Waals surface area contributed by atoms with Gasteiger partial charge in [-0.1, -0.05) is 96.2 Å². The minimum Gasteiger partial charge on any atom is -0.314 e. The number of carbonyl (C=O) groups excluding carboxylic acids is 1. The Kier molecular flexibility index (Phi) is 7.38. The molecule has 0 bridgehead atoms. The first kappa shape index (κ1) is 21.9. The van der Waals surface area contributed by atoms with Gasteiger partial charge in [-0.25, -0.2) is 10.4 Å². The Morgan fingerprint density at radius 2 is 1.69 bits per heavy atom. The van der Waals surface area contributed by atoms with Crippen molar-refractivity contribution in [3.63, 3.8) is 0 Å². The number of rotatable bonds is 8. The summed E-state index contributed by atoms with van der Waals surface area (Å²) in [6.07, 6.45) is 3.19. The summed E-state index contributed by atoms with van der Waals surface area (Å²) in [5, 5.41) is 5.16. The van der Waals surface area contributed by atoms with E-state index in [-0.39, 0.29) is 11.7 Å². The highest BCUT2D eigenvalue weighted by atomic mass is 35.5. The normalized spacial score (nSPS) is 11.8. The van der Waals surface area contributed by atoms with Crippen LogP contribution in [0, 0.1) is 0 Å². The van der Waals surface area contributed by atoms with E-state index < -0.39 is 0 Å². The monoisotopic (exact) mass is 460 g/mol. The highest BCUT2D eigenvalue weighted by molar-refractivity contribution is 7.99. The fourth-order valence-electron chi connectivity index (χ4n) is 3.16. The van der Waals surface area contributed by atoms with Gasteiger partial charge in [0.05, 0.1) is 34.6 Å². The number of imidazole rings is 1. The van der Waals surface area contributed by atoms with Crippen LogP contribution in [0.1, 0.15) is 11.1 Å². The van der Waals surface area contributed by atoms with Crippen LogP contribution in [0.5, 0.6) is 0 Å². The summed E-state index contributed by atoms with van der Waals surface area (Å²) in [6, 6.07) is 27.8. The Labute approximate surface area is 195 Å². The minimum absolute atomic E-state index is 0.190. The first-order valence-electron chi connectivity index (χ1n) is 10.1. The maximum absolute atomic E-state index is 12.3. The SMILES string of the molecule is O=C(CSc1nc2ccccc2n1Cc1ccccc1)N/N=C\C(Cl)=C/c1ccccc1. The summed E-state index contributed by atoms with van der Waals surface area (Å²) in [7, 11) is 0. The molecule has 160 valence electrons. The van der Waals surface area contributed by atoms with Crippen LogP contribution in [0.2, 0.25) is 0 Å². The van der Waals surface area contributed by atoms with Gasteiger partial charge in [0.1, 0.15) is 0 Å². The molecule has 4 rings (SSSR count). The van der Waals surface area contributed by atoms with Gasteiger partial charge in [0.25, 0.3) is 5.91 Å². The van der Waals surface area contributed by atoms with Crippen molar-refractivity contribution in [3.05, 3.63) is 101 Å². The maximum atomic E-state index is 12.3. The zero-order chi connectivity index (χ0) is 22.2. The lowest BCUT2D eigenvalue weighted by atomic mass is 10.2. The van der Waals surface area contributed by atoms with Gasteiger partial charge < -0.3 is 4.57 Å². The number of benzene rings is 3. The largest absolute Gasteiger partial charge is 0.314 e. The van der Waals surface area contributed by atoms with E-state index in [2.05, 4.69) is 27.2 Å². The number of hydrogen-bond acceptors (Lipinski definition) is 4. The van der Waals surface area contributed by atoms with Crippen LogP contribution in [-0.4, -0.2) is 27.4 Å². The van der Waals surface area contributed by atoms with Gasteiger partial charge in [0.2, 0.25) is 0 Å². The maximum Gasteiger partial charge on any atom is 0.250 e. The molecule has 4 aromatic rings. The number of nitrogens with one attached hydrogen (secondary N) is 1. The Balaban J connectivity index is 1.40. The van der Waals surface area contributed by atoms with Gasteiger partial charge in [0, 0.05) is 0 Å². The van der Waals surface area contributed by atoms with Gasteiger partial charge in [-0.3, -0.25) is 4.79 Å². The number of carbonyl (C=O) groups is 1. The van der Waals surface area contributed by atoms with Crippen molar-refractivity contribution >= 4 is 52.6 Å². The zero-order valence-corrected chi connectivity index (χ0v) is 18.8. The molecular formula is C25H21ClN4OS. The van der Waals surface area contributed by atoms with Gasteiger partial charge in [-0.05, 0) is 29.3 Å². The minimum atomic E-state index is -0.228. The summed E-state index contributed by atoms with van der Waals surface area (Å²) >= 11 is 7.54. The van der Waals surface area contributed by atoms with Gasteiger partial charge in [-0.2, -0.15) is 5.10 Å². The van der Waals surface area contributed by atoms with Gasteiger partial charge in [-0.15, -0.1) is 0 Å². The quantitative estimate of drug-likeness (QED) is 0.213. The van der Waals surface area contributed by atoms with E-state index >= 15 is 0 Å². The molecule has 0 aliphatic heterocycles. The molecule has 0 saturated heterocycles. The number of aromatic nitrogens is 2. The van der Waals surface area contributed by atoms with Crippen molar-refractivity contribution in [3.8, 4) is 0 Å². The molecule has 1 N–H and O–H groups in total. The van der Waals surface area contributed by atoms with E-state index in [1.807, 2.05) is 72.8 Å². The first-order chi connectivity index (χ1) is 15.7. The summed E-state index contributed by atoms with van der Waals surface area (Å²) in [5.41, 5.74) is 6.60. The third-order valence-electron chi connectivity index (χ3n) is 4.62. The molecule has 3 aromatic carbocycles. The third kappa shape index (κ3) is 5.87. The molecule has 0 unspecified atom stereocenters. The second kappa shape index (κ2) is 10.8. The number of hydrogen-bond donors (Lipinski definition) is 1. The Morgan fingerprint density at radius 1 is 1.00 bits per heavy atom. The molecule has 0 atom stereocenters. The van der Waals surface area contributed by atoms with Crippen molar-refractivity contribution in [1.29, 1.82) is 0 Å². The molecule has 0 aliphatic carbocycles. The lowest BCUT2D eigenvalue weighted by Gasteiger charge is -2.09. The standard InChI is InChI=1S/C25H21ClN4OS/c26-21(15-19-9-3-1-4-10-19)16-27-29-24(31)18-32-25-28-22-13-7-8-14-23(22)30(25)17-20-11-5-2-6-12-20/h1-16H,17-18H2,(H,29,31)/b21-15+,27-16-. The smallest absolute Gasteiger partial charge is 0.250 e.